The Labute approximate surface area is 190 Å². The number of halogens is 5. The fourth-order valence-corrected chi connectivity index (χ4v) is 3.21. The molecular formula is C20H24F5N7O2. The Bertz CT molecular complexity index is 1080. The van der Waals surface area contributed by atoms with Crippen molar-refractivity contribution >= 4 is 22.8 Å². The first-order valence-corrected chi connectivity index (χ1v) is 10.3. The average molecular weight is 489 g/mol. The van der Waals surface area contributed by atoms with Crippen LogP contribution in [0.4, 0.5) is 22.0 Å². The molecule has 9 nitrogen and oxygen atoms in total. The van der Waals surface area contributed by atoms with Gasteiger partial charge in [0.2, 0.25) is 5.91 Å². The number of rotatable bonds is 10. The summed E-state index contributed by atoms with van der Waals surface area (Å²) in [6.07, 6.45) is -5.60. The number of nitrogens with zero attached hydrogens (tertiary/aromatic N) is 2. The second-order valence-corrected chi connectivity index (χ2v) is 7.98. The van der Waals surface area contributed by atoms with E-state index in [9.17, 15) is 31.5 Å². The maximum Gasteiger partial charge on any atom is 0.389 e. The summed E-state index contributed by atoms with van der Waals surface area (Å²) >= 11 is 0. The molecule has 0 aliphatic heterocycles. The van der Waals surface area contributed by atoms with Gasteiger partial charge in [-0.05, 0) is 17.7 Å². The summed E-state index contributed by atoms with van der Waals surface area (Å²) in [6, 6.07) is 4.97. The van der Waals surface area contributed by atoms with E-state index in [0.29, 0.717) is 22.4 Å². The number of hydrazine groups is 1. The minimum absolute atomic E-state index is 0.0365. The third kappa shape index (κ3) is 6.79. The lowest BCUT2D eigenvalue weighted by atomic mass is 10.2. The van der Waals surface area contributed by atoms with E-state index in [1.165, 1.54) is 0 Å². The maximum atomic E-state index is 13.1. The molecule has 1 saturated carbocycles. The highest BCUT2D eigenvalue weighted by atomic mass is 19.4. The molecule has 1 aliphatic carbocycles. The van der Waals surface area contributed by atoms with E-state index < -0.39 is 42.7 Å². The van der Waals surface area contributed by atoms with Crippen LogP contribution in [0.1, 0.15) is 30.7 Å². The number of hydrogen-bond donors (Lipinski definition) is 5. The van der Waals surface area contributed by atoms with E-state index >= 15 is 0 Å². The second-order valence-electron chi connectivity index (χ2n) is 7.98. The van der Waals surface area contributed by atoms with Gasteiger partial charge in [-0.15, -0.1) is 0 Å². The first-order chi connectivity index (χ1) is 15.9. The summed E-state index contributed by atoms with van der Waals surface area (Å²) in [6.45, 7) is -0.222. The van der Waals surface area contributed by atoms with Gasteiger partial charge in [-0.2, -0.15) is 13.2 Å². The Hall–Kier alpha value is -3.42. The Balaban J connectivity index is 1.52. The minimum Gasteiger partial charge on any atom is -0.403 e. The van der Waals surface area contributed by atoms with Gasteiger partial charge in [0.25, 0.3) is 11.8 Å². The number of H-pyrrole nitrogens is 1. The van der Waals surface area contributed by atoms with Crippen molar-refractivity contribution in [1.82, 2.24) is 25.6 Å². The molecule has 1 aliphatic rings. The summed E-state index contributed by atoms with van der Waals surface area (Å²) in [5, 5.41) is 5.86. The van der Waals surface area contributed by atoms with Crippen molar-refractivity contribution in [3.05, 3.63) is 41.5 Å². The second kappa shape index (κ2) is 9.83. The Morgan fingerprint density at radius 1 is 1.26 bits per heavy atom. The lowest BCUT2D eigenvalue weighted by Gasteiger charge is -2.20. The Morgan fingerprint density at radius 3 is 2.59 bits per heavy atom. The van der Waals surface area contributed by atoms with Gasteiger partial charge in [0.05, 0.1) is 24.0 Å². The zero-order valence-corrected chi connectivity index (χ0v) is 17.9. The van der Waals surface area contributed by atoms with Crippen LogP contribution < -0.4 is 22.2 Å². The summed E-state index contributed by atoms with van der Waals surface area (Å²) in [4.78, 5) is 31.2. The van der Waals surface area contributed by atoms with Crippen molar-refractivity contribution in [2.45, 2.75) is 44.5 Å². The number of nitrogens with one attached hydrogen (secondary N) is 3. The number of aromatic amines is 1. The molecule has 2 aromatic rings. The van der Waals surface area contributed by atoms with Crippen LogP contribution in [0.5, 0.6) is 0 Å². The fraction of sp³-hybridized carbons (Fsp3) is 0.450. The van der Waals surface area contributed by atoms with Gasteiger partial charge < -0.3 is 26.4 Å². The van der Waals surface area contributed by atoms with Crippen LogP contribution in [0.15, 0.2) is 30.1 Å². The number of benzene rings is 1. The number of nitrogens with two attached hydrogens (primary N) is 2. The van der Waals surface area contributed by atoms with Crippen LogP contribution in [0, 0.1) is 5.92 Å². The first-order valence-electron chi connectivity index (χ1n) is 10.3. The molecule has 1 aromatic heterocycles. The predicted molar refractivity (Wildman–Crippen MR) is 111 cm³/mol. The van der Waals surface area contributed by atoms with Gasteiger partial charge in [-0.3, -0.25) is 9.59 Å². The molecule has 1 atom stereocenters. The molecule has 3 rings (SSSR count). The van der Waals surface area contributed by atoms with E-state index in [1.807, 2.05) is 0 Å². The van der Waals surface area contributed by atoms with E-state index in [-0.39, 0.29) is 31.8 Å². The topological polar surface area (TPSA) is 142 Å². The van der Waals surface area contributed by atoms with Crippen molar-refractivity contribution < 1.29 is 31.5 Å². The molecule has 7 N–H and O–H groups in total. The van der Waals surface area contributed by atoms with Crippen molar-refractivity contribution in [3.63, 3.8) is 0 Å². The standard InChI is InChI=1S/C20H24F5N7O2/c21-19(22)6-12(19)10-32(27)15(7-26)18(34)29-9-16-30-13-2-1-11(5-14(13)31-16)8-28-17(33)3-4-20(23,24)25/h1-2,5,7,12H,3-4,6,8-10,26-27H2,(H,28,33)(H,29,34)(H,30,31)/b15-7-. The van der Waals surface area contributed by atoms with Crippen LogP contribution in [-0.2, 0) is 22.7 Å². The Morgan fingerprint density at radius 2 is 1.97 bits per heavy atom. The average Bonchev–Trinajstić information content (AvgIpc) is 3.16. The van der Waals surface area contributed by atoms with Crippen LogP contribution in [0.25, 0.3) is 11.0 Å². The molecule has 0 spiro atoms. The van der Waals surface area contributed by atoms with Crippen molar-refractivity contribution in [2.24, 2.45) is 17.5 Å². The molecule has 186 valence electrons. The highest BCUT2D eigenvalue weighted by Crippen LogP contribution is 2.48. The molecular weight excluding hydrogens is 465 g/mol. The number of carbonyl (C=O) groups is 2. The smallest absolute Gasteiger partial charge is 0.389 e. The van der Waals surface area contributed by atoms with Crippen molar-refractivity contribution in [3.8, 4) is 0 Å². The predicted octanol–water partition coefficient (Wildman–Crippen LogP) is 1.77. The van der Waals surface area contributed by atoms with Gasteiger partial charge in [0, 0.05) is 38.0 Å². The highest BCUT2D eigenvalue weighted by Gasteiger charge is 2.57. The van der Waals surface area contributed by atoms with Crippen LogP contribution >= 0.6 is 0 Å². The van der Waals surface area contributed by atoms with E-state index in [0.717, 1.165) is 11.2 Å². The summed E-state index contributed by atoms with van der Waals surface area (Å²) in [5.41, 5.74) is 7.04. The van der Waals surface area contributed by atoms with Gasteiger partial charge >= 0.3 is 6.18 Å². The number of carbonyl (C=O) groups excluding carboxylic acids is 2. The SMILES string of the molecule is N/C=C(/C(=O)NCc1nc2ccc(CNC(=O)CCC(F)(F)F)cc2[nH]1)N(N)CC1CC1(F)F. The van der Waals surface area contributed by atoms with Crippen LogP contribution in [0.2, 0.25) is 0 Å². The third-order valence-corrected chi connectivity index (χ3v) is 5.21. The lowest BCUT2D eigenvalue weighted by molar-refractivity contribution is -0.144. The van der Waals surface area contributed by atoms with Crippen LogP contribution in [-0.4, -0.2) is 45.4 Å². The quantitative estimate of drug-likeness (QED) is 0.149. The lowest BCUT2D eigenvalue weighted by Crippen LogP contribution is -2.41. The number of alkyl halides is 5. The first kappa shape index (κ1) is 25.2. The van der Waals surface area contributed by atoms with Gasteiger partial charge in [-0.25, -0.2) is 19.6 Å². The summed E-state index contributed by atoms with van der Waals surface area (Å²) in [5.74, 6) is 0.988. The molecule has 0 saturated heterocycles. The molecule has 0 radical (unpaired) electrons. The number of fused-ring (bicyclic) bond motifs is 1. The van der Waals surface area contributed by atoms with Crippen LogP contribution in [0.3, 0.4) is 0 Å². The fourth-order valence-electron chi connectivity index (χ4n) is 3.21. The molecule has 14 heteroatoms. The molecule has 0 bridgehead atoms. The summed E-state index contributed by atoms with van der Waals surface area (Å²) < 4.78 is 62.7. The Kier molecular flexibility index (Phi) is 7.29. The zero-order chi connectivity index (χ0) is 25.1. The normalized spacial score (nSPS) is 17.5. The molecule has 1 heterocycles. The van der Waals surface area contributed by atoms with Crippen molar-refractivity contribution in [1.29, 1.82) is 0 Å². The van der Waals surface area contributed by atoms with Gasteiger partial charge in [-0.1, -0.05) is 6.07 Å². The number of aromatic nitrogens is 2. The zero-order valence-electron chi connectivity index (χ0n) is 17.9. The minimum atomic E-state index is -4.40. The molecule has 34 heavy (non-hydrogen) atoms. The maximum absolute atomic E-state index is 13.1. The van der Waals surface area contributed by atoms with Crippen molar-refractivity contribution in [2.75, 3.05) is 6.54 Å². The van der Waals surface area contributed by atoms with E-state index in [4.69, 9.17) is 11.6 Å². The van der Waals surface area contributed by atoms with E-state index in [2.05, 4.69) is 20.6 Å². The monoisotopic (exact) mass is 489 g/mol. The molecule has 1 fully saturated rings. The van der Waals surface area contributed by atoms with E-state index in [1.54, 1.807) is 18.2 Å². The molecule has 1 unspecified atom stereocenters. The number of amides is 2. The third-order valence-electron chi connectivity index (χ3n) is 5.21. The summed E-state index contributed by atoms with van der Waals surface area (Å²) in [7, 11) is 0. The highest BCUT2D eigenvalue weighted by molar-refractivity contribution is 5.92. The van der Waals surface area contributed by atoms with Gasteiger partial charge in [0.1, 0.15) is 11.5 Å². The van der Waals surface area contributed by atoms with Gasteiger partial charge in [0.15, 0.2) is 0 Å². The largest absolute Gasteiger partial charge is 0.403 e. The molecule has 1 aromatic carbocycles. The molecule has 2 amide bonds. The number of hydrogen-bond acceptors (Lipinski definition) is 6. The number of imidazole rings is 1.